The number of furan rings is 1. The second-order valence-electron chi connectivity index (χ2n) is 5.22. The van der Waals surface area contributed by atoms with Gasteiger partial charge in [-0.2, -0.15) is 0 Å². The van der Waals surface area contributed by atoms with Crippen LogP contribution < -0.4 is 5.73 Å². The van der Waals surface area contributed by atoms with Crippen LogP contribution in [0.1, 0.15) is 39.0 Å². The fourth-order valence-electron chi connectivity index (χ4n) is 2.42. The van der Waals surface area contributed by atoms with Crippen LogP contribution in [0.15, 0.2) is 34.7 Å². The summed E-state index contributed by atoms with van der Waals surface area (Å²) in [6.45, 7) is 6.44. The second-order valence-corrected chi connectivity index (χ2v) is 5.22. The molecule has 0 spiro atoms. The molecule has 4 nitrogen and oxygen atoms in total. The van der Waals surface area contributed by atoms with Crippen LogP contribution in [0.25, 0.3) is 11.0 Å². The molecule has 20 heavy (non-hydrogen) atoms. The molecule has 0 bridgehead atoms. The number of para-hydroxylation sites is 1. The molecule has 108 valence electrons. The number of nitrogens with zero attached hydrogens (tertiary/aromatic N) is 1. The first kappa shape index (κ1) is 14.6. The van der Waals surface area contributed by atoms with E-state index in [-0.39, 0.29) is 18.0 Å². The highest BCUT2D eigenvalue weighted by atomic mass is 16.3. The Balaban J connectivity index is 2.23. The largest absolute Gasteiger partial charge is 0.459 e. The van der Waals surface area contributed by atoms with Gasteiger partial charge in [-0.3, -0.25) is 4.79 Å². The normalized spacial score (nSPS) is 14.2. The number of hydrogen-bond acceptors (Lipinski definition) is 3. The Morgan fingerprint density at radius 2 is 2.05 bits per heavy atom. The monoisotopic (exact) mass is 274 g/mol. The molecule has 4 heteroatoms. The number of fused-ring (bicyclic) bond motifs is 1. The van der Waals surface area contributed by atoms with E-state index in [0.29, 0.717) is 13.0 Å². The van der Waals surface area contributed by atoms with Gasteiger partial charge in [0.2, 0.25) is 5.91 Å². The van der Waals surface area contributed by atoms with E-state index >= 15 is 0 Å². The molecule has 0 radical (unpaired) electrons. The Morgan fingerprint density at radius 3 is 2.65 bits per heavy atom. The molecule has 2 N–H and O–H groups in total. The molecule has 2 rings (SSSR count). The average molecular weight is 274 g/mol. The van der Waals surface area contributed by atoms with Gasteiger partial charge in [-0.25, -0.2) is 0 Å². The van der Waals surface area contributed by atoms with E-state index in [4.69, 9.17) is 10.2 Å². The van der Waals surface area contributed by atoms with E-state index in [2.05, 4.69) is 0 Å². The van der Waals surface area contributed by atoms with Gasteiger partial charge in [0.25, 0.3) is 0 Å². The lowest BCUT2D eigenvalue weighted by atomic mass is 10.1. The molecular formula is C16H22N2O2. The molecule has 1 aromatic carbocycles. The predicted molar refractivity (Wildman–Crippen MR) is 80.3 cm³/mol. The van der Waals surface area contributed by atoms with Gasteiger partial charge in [-0.05, 0) is 32.9 Å². The molecular weight excluding hydrogens is 252 g/mol. The first-order chi connectivity index (χ1) is 9.52. The van der Waals surface area contributed by atoms with Crippen molar-refractivity contribution >= 4 is 16.9 Å². The molecule has 0 fully saturated rings. The summed E-state index contributed by atoms with van der Waals surface area (Å²) in [6.07, 6.45) is 0.360. The van der Waals surface area contributed by atoms with Gasteiger partial charge in [0.05, 0.1) is 6.04 Å². The minimum atomic E-state index is -0.126. The third-order valence-corrected chi connectivity index (χ3v) is 3.48. The molecule has 2 atom stereocenters. The van der Waals surface area contributed by atoms with E-state index in [1.54, 1.807) is 4.90 Å². The first-order valence-corrected chi connectivity index (χ1v) is 7.06. The summed E-state index contributed by atoms with van der Waals surface area (Å²) >= 11 is 0. The van der Waals surface area contributed by atoms with Crippen molar-refractivity contribution in [1.29, 1.82) is 0 Å². The zero-order valence-corrected chi connectivity index (χ0v) is 12.3. The molecule has 0 saturated heterocycles. The number of nitrogens with two attached hydrogens (primary N) is 1. The Bertz CT molecular complexity index is 556. The van der Waals surface area contributed by atoms with Crippen molar-refractivity contribution in [2.75, 3.05) is 6.54 Å². The van der Waals surface area contributed by atoms with E-state index in [0.717, 1.165) is 16.7 Å². The Kier molecular flexibility index (Phi) is 4.45. The first-order valence-electron chi connectivity index (χ1n) is 7.06. The molecule has 0 aliphatic rings. The van der Waals surface area contributed by atoms with Crippen LogP contribution >= 0.6 is 0 Å². The quantitative estimate of drug-likeness (QED) is 0.911. The van der Waals surface area contributed by atoms with Gasteiger partial charge in [0.15, 0.2) is 0 Å². The fraction of sp³-hybridized carbons (Fsp3) is 0.438. The Labute approximate surface area is 119 Å². The zero-order chi connectivity index (χ0) is 14.7. The van der Waals surface area contributed by atoms with Gasteiger partial charge in [-0.15, -0.1) is 0 Å². The van der Waals surface area contributed by atoms with Crippen LogP contribution in [0.5, 0.6) is 0 Å². The number of hydrogen-bond donors (Lipinski definition) is 1. The summed E-state index contributed by atoms with van der Waals surface area (Å²) in [5.41, 5.74) is 6.57. The lowest BCUT2D eigenvalue weighted by molar-refractivity contribution is -0.133. The van der Waals surface area contributed by atoms with Crippen molar-refractivity contribution in [3.63, 3.8) is 0 Å². The Morgan fingerprint density at radius 1 is 1.35 bits per heavy atom. The van der Waals surface area contributed by atoms with E-state index in [1.165, 1.54) is 0 Å². The van der Waals surface area contributed by atoms with E-state index in [9.17, 15) is 4.79 Å². The van der Waals surface area contributed by atoms with Crippen molar-refractivity contribution in [3.8, 4) is 0 Å². The van der Waals surface area contributed by atoms with Crippen molar-refractivity contribution in [3.05, 3.63) is 36.1 Å². The summed E-state index contributed by atoms with van der Waals surface area (Å²) in [5.74, 6) is 0.876. The minimum Gasteiger partial charge on any atom is -0.459 e. The molecule has 0 saturated carbocycles. The predicted octanol–water partition coefficient (Wildman–Crippen LogP) is 3.08. The molecule has 1 aromatic heterocycles. The van der Waals surface area contributed by atoms with Gasteiger partial charge in [0, 0.05) is 24.4 Å². The van der Waals surface area contributed by atoms with Gasteiger partial charge in [0.1, 0.15) is 11.3 Å². The van der Waals surface area contributed by atoms with Crippen LogP contribution in [0.4, 0.5) is 0 Å². The summed E-state index contributed by atoms with van der Waals surface area (Å²) in [5, 5.41) is 1.06. The topological polar surface area (TPSA) is 59.5 Å². The highest BCUT2D eigenvalue weighted by Gasteiger charge is 2.23. The zero-order valence-electron chi connectivity index (χ0n) is 12.3. The molecule has 0 aliphatic carbocycles. The third-order valence-electron chi connectivity index (χ3n) is 3.48. The standard InChI is InChI=1S/C16H22N2O2/c1-4-18(16(19)9-11(2)17)12(3)15-10-13-7-5-6-8-14(13)20-15/h5-8,10-12H,4,9,17H2,1-3H3. The average Bonchev–Trinajstić information content (AvgIpc) is 2.82. The van der Waals surface area contributed by atoms with Crippen LogP contribution in [0.3, 0.4) is 0 Å². The van der Waals surface area contributed by atoms with Gasteiger partial charge in [-0.1, -0.05) is 18.2 Å². The molecule has 0 aliphatic heterocycles. The smallest absolute Gasteiger partial charge is 0.224 e. The minimum absolute atomic E-state index is 0.0652. The van der Waals surface area contributed by atoms with Crippen LogP contribution in [-0.2, 0) is 4.79 Å². The lowest BCUT2D eigenvalue weighted by Crippen LogP contribution is -2.36. The summed E-state index contributed by atoms with van der Waals surface area (Å²) in [7, 11) is 0. The highest BCUT2D eigenvalue weighted by Crippen LogP contribution is 2.27. The van der Waals surface area contributed by atoms with Crippen LogP contribution in [-0.4, -0.2) is 23.4 Å². The number of rotatable bonds is 5. The fourth-order valence-corrected chi connectivity index (χ4v) is 2.42. The maximum absolute atomic E-state index is 12.2. The van der Waals surface area contributed by atoms with E-state index in [1.807, 2.05) is 51.1 Å². The molecule has 2 aromatic rings. The van der Waals surface area contributed by atoms with Crippen LogP contribution in [0.2, 0.25) is 0 Å². The van der Waals surface area contributed by atoms with Gasteiger partial charge < -0.3 is 15.1 Å². The maximum Gasteiger partial charge on any atom is 0.224 e. The van der Waals surface area contributed by atoms with Gasteiger partial charge >= 0.3 is 0 Å². The SMILES string of the molecule is CCN(C(=O)CC(C)N)C(C)c1cc2ccccc2o1. The maximum atomic E-state index is 12.2. The van der Waals surface area contributed by atoms with Crippen molar-refractivity contribution in [2.24, 2.45) is 5.73 Å². The molecule has 2 unspecified atom stereocenters. The Hall–Kier alpha value is -1.81. The summed E-state index contributed by atoms with van der Waals surface area (Å²) in [4.78, 5) is 14.0. The highest BCUT2D eigenvalue weighted by molar-refractivity contribution is 5.79. The number of amides is 1. The molecule has 1 heterocycles. The molecule has 1 amide bonds. The van der Waals surface area contributed by atoms with Crippen LogP contribution in [0, 0.1) is 0 Å². The summed E-state index contributed by atoms with van der Waals surface area (Å²) < 4.78 is 5.84. The number of carbonyl (C=O) groups is 1. The van der Waals surface area contributed by atoms with E-state index < -0.39 is 0 Å². The third kappa shape index (κ3) is 3.02. The van der Waals surface area contributed by atoms with Crippen molar-refractivity contribution < 1.29 is 9.21 Å². The lowest BCUT2D eigenvalue weighted by Gasteiger charge is -2.27. The number of benzene rings is 1. The summed E-state index contributed by atoms with van der Waals surface area (Å²) in [6, 6.07) is 9.66. The number of carbonyl (C=O) groups excluding carboxylic acids is 1. The van der Waals surface area contributed by atoms with Crippen molar-refractivity contribution in [1.82, 2.24) is 4.90 Å². The second kappa shape index (κ2) is 6.09. The van der Waals surface area contributed by atoms with Crippen molar-refractivity contribution in [2.45, 2.75) is 39.3 Å².